The van der Waals surface area contributed by atoms with E-state index in [9.17, 15) is 9.90 Å². The number of benzene rings is 1. The molecule has 0 aliphatic carbocycles. The van der Waals surface area contributed by atoms with Gasteiger partial charge in [-0.25, -0.2) is 0 Å². The van der Waals surface area contributed by atoms with E-state index in [-0.39, 0.29) is 11.7 Å². The monoisotopic (exact) mass is 264 g/mol. The first-order valence-corrected chi connectivity index (χ1v) is 6.46. The van der Waals surface area contributed by atoms with Gasteiger partial charge < -0.3 is 20.9 Å². The summed E-state index contributed by atoms with van der Waals surface area (Å²) >= 11 is 0. The minimum atomic E-state index is -0.393. The zero-order chi connectivity index (χ0) is 13.9. The Morgan fingerprint density at radius 2 is 2.16 bits per heavy atom. The number of rotatable bonds is 3. The fourth-order valence-electron chi connectivity index (χ4n) is 2.21. The third-order valence-electron chi connectivity index (χ3n) is 3.69. The molecular formula is C14H20N2O3. The van der Waals surface area contributed by atoms with Gasteiger partial charge in [0.05, 0.1) is 5.54 Å². The lowest BCUT2D eigenvalue weighted by Crippen LogP contribution is -2.56. The molecule has 1 aliphatic heterocycles. The van der Waals surface area contributed by atoms with Crippen LogP contribution in [0.15, 0.2) is 18.2 Å². The van der Waals surface area contributed by atoms with Gasteiger partial charge in [-0.3, -0.25) is 4.79 Å². The fraction of sp³-hybridized carbons (Fsp3) is 0.500. The van der Waals surface area contributed by atoms with E-state index in [0.29, 0.717) is 38.2 Å². The molecule has 0 saturated carbocycles. The Kier molecular flexibility index (Phi) is 4.07. The number of phenols is 1. The SMILES string of the molecule is Cc1ccc(C(=O)NC2(CN)CCOCC2)cc1O. The Hall–Kier alpha value is -1.59. The van der Waals surface area contributed by atoms with Crippen molar-refractivity contribution in [2.24, 2.45) is 5.73 Å². The molecule has 1 saturated heterocycles. The van der Waals surface area contributed by atoms with Gasteiger partial charge in [0.15, 0.2) is 0 Å². The number of phenolic OH excluding ortho intramolecular Hbond substituents is 1. The highest BCUT2D eigenvalue weighted by molar-refractivity contribution is 5.95. The topological polar surface area (TPSA) is 84.6 Å². The van der Waals surface area contributed by atoms with Gasteiger partial charge in [-0.15, -0.1) is 0 Å². The quantitative estimate of drug-likeness (QED) is 0.758. The third-order valence-corrected chi connectivity index (χ3v) is 3.69. The van der Waals surface area contributed by atoms with Crippen LogP contribution in [0.3, 0.4) is 0 Å². The molecule has 0 radical (unpaired) electrons. The number of aryl methyl sites for hydroxylation is 1. The Morgan fingerprint density at radius 3 is 2.74 bits per heavy atom. The van der Waals surface area contributed by atoms with Crippen molar-refractivity contribution >= 4 is 5.91 Å². The first kappa shape index (κ1) is 13.8. The number of carbonyl (C=O) groups excluding carboxylic acids is 1. The molecule has 1 amide bonds. The van der Waals surface area contributed by atoms with E-state index in [1.165, 1.54) is 6.07 Å². The van der Waals surface area contributed by atoms with Gasteiger partial charge in [-0.1, -0.05) is 6.07 Å². The van der Waals surface area contributed by atoms with Gasteiger partial charge in [0.2, 0.25) is 0 Å². The van der Waals surface area contributed by atoms with Crippen molar-refractivity contribution in [1.82, 2.24) is 5.32 Å². The van der Waals surface area contributed by atoms with Crippen LogP contribution in [0, 0.1) is 6.92 Å². The van der Waals surface area contributed by atoms with Crippen LogP contribution in [0.1, 0.15) is 28.8 Å². The third kappa shape index (κ3) is 3.05. The molecule has 19 heavy (non-hydrogen) atoms. The number of carbonyl (C=O) groups is 1. The molecule has 1 aromatic carbocycles. The molecule has 0 bridgehead atoms. The molecule has 1 heterocycles. The highest BCUT2D eigenvalue weighted by Gasteiger charge is 2.33. The minimum absolute atomic E-state index is 0.126. The highest BCUT2D eigenvalue weighted by Crippen LogP contribution is 2.22. The van der Waals surface area contributed by atoms with Crippen LogP contribution in [0.25, 0.3) is 0 Å². The van der Waals surface area contributed by atoms with Crippen LogP contribution in [0.4, 0.5) is 0 Å². The van der Waals surface area contributed by atoms with Crippen LogP contribution >= 0.6 is 0 Å². The molecule has 1 fully saturated rings. The number of nitrogens with one attached hydrogen (secondary N) is 1. The van der Waals surface area contributed by atoms with Crippen molar-refractivity contribution < 1.29 is 14.6 Å². The van der Waals surface area contributed by atoms with Crippen LogP contribution in [0.2, 0.25) is 0 Å². The summed E-state index contributed by atoms with van der Waals surface area (Å²) in [5, 5.41) is 12.6. The number of hydrogen-bond acceptors (Lipinski definition) is 4. The van der Waals surface area contributed by atoms with Gasteiger partial charge >= 0.3 is 0 Å². The van der Waals surface area contributed by atoms with Crippen LogP contribution in [0.5, 0.6) is 5.75 Å². The number of hydrogen-bond donors (Lipinski definition) is 3. The van der Waals surface area contributed by atoms with Gasteiger partial charge in [-0.2, -0.15) is 0 Å². The summed E-state index contributed by atoms with van der Waals surface area (Å²) in [6.07, 6.45) is 1.43. The summed E-state index contributed by atoms with van der Waals surface area (Å²) < 4.78 is 5.30. The standard InChI is InChI=1S/C14H20N2O3/c1-10-2-3-11(8-12(10)17)13(18)16-14(9-15)4-6-19-7-5-14/h2-3,8,17H,4-7,9,15H2,1H3,(H,16,18). The molecule has 5 heteroatoms. The normalized spacial score (nSPS) is 18.0. The van der Waals surface area contributed by atoms with Crippen molar-refractivity contribution in [3.63, 3.8) is 0 Å². The number of aromatic hydroxyl groups is 1. The van der Waals surface area contributed by atoms with E-state index in [4.69, 9.17) is 10.5 Å². The van der Waals surface area contributed by atoms with Gasteiger partial charge in [0.25, 0.3) is 5.91 Å². The maximum Gasteiger partial charge on any atom is 0.251 e. The molecule has 0 spiro atoms. The maximum absolute atomic E-state index is 12.2. The minimum Gasteiger partial charge on any atom is -0.508 e. The van der Waals surface area contributed by atoms with Gasteiger partial charge in [0, 0.05) is 25.3 Å². The lowest BCUT2D eigenvalue weighted by Gasteiger charge is -2.37. The molecule has 5 nitrogen and oxygen atoms in total. The second kappa shape index (κ2) is 5.59. The smallest absolute Gasteiger partial charge is 0.251 e. The van der Waals surface area contributed by atoms with E-state index in [2.05, 4.69) is 5.32 Å². The largest absolute Gasteiger partial charge is 0.508 e. The molecule has 0 unspecified atom stereocenters. The Balaban J connectivity index is 2.12. The average Bonchev–Trinajstić information content (AvgIpc) is 2.43. The Morgan fingerprint density at radius 1 is 1.47 bits per heavy atom. The summed E-state index contributed by atoms with van der Waals surface area (Å²) in [6, 6.07) is 4.91. The molecule has 4 N–H and O–H groups in total. The van der Waals surface area contributed by atoms with Crippen molar-refractivity contribution in [1.29, 1.82) is 0 Å². The summed E-state index contributed by atoms with van der Waals surface area (Å²) in [7, 11) is 0. The average molecular weight is 264 g/mol. The zero-order valence-corrected chi connectivity index (χ0v) is 11.1. The predicted molar refractivity (Wildman–Crippen MR) is 72.1 cm³/mol. The summed E-state index contributed by atoms with van der Waals surface area (Å²) in [4.78, 5) is 12.2. The lowest BCUT2D eigenvalue weighted by molar-refractivity contribution is 0.0388. The lowest BCUT2D eigenvalue weighted by atomic mass is 9.89. The van der Waals surface area contributed by atoms with Crippen LogP contribution < -0.4 is 11.1 Å². The highest BCUT2D eigenvalue weighted by atomic mass is 16.5. The maximum atomic E-state index is 12.2. The second-order valence-corrected chi connectivity index (χ2v) is 5.05. The summed E-state index contributed by atoms with van der Waals surface area (Å²) in [5.41, 5.74) is 6.60. The van der Waals surface area contributed by atoms with E-state index in [0.717, 1.165) is 5.56 Å². The fourth-order valence-corrected chi connectivity index (χ4v) is 2.21. The first-order chi connectivity index (χ1) is 9.06. The van der Waals surface area contributed by atoms with E-state index in [1.807, 2.05) is 0 Å². The Labute approximate surface area is 112 Å². The van der Waals surface area contributed by atoms with Crippen molar-refractivity contribution in [3.8, 4) is 5.75 Å². The molecule has 0 atom stereocenters. The van der Waals surface area contributed by atoms with Crippen molar-refractivity contribution in [3.05, 3.63) is 29.3 Å². The molecule has 104 valence electrons. The number of nitrogens with two attached hydrogens (primary N) is 1. The summed E-state index contributed by atoms with van der Waals surface area (Å²) in [6.45, 7) is 3.39. The molecule has 0 aromatic heterocycles. The first-order valence-electron chi connectivity index (χ1n) is 6.46. The van der Waals surface area contributed by atoms with Crippen LogP contribution in [-0.2, 0) is 4.74 Å². The van der Waals surface area contributed by atoms with Crippen molar-refractivity contribution in [2.75, 3.05) is 19.8 Å². The van der Waals surface area contributed by atoms with E-state index < -0.39 is 5.54 Å². The molecule has 1 aromatic rings. The number of amides is 1. The number of ether oxygens (including phenoxy) is 1. The zero-order valence-electron chi connectivity index (χ0n) is 11.1. The Bertz CT molecular complexity index is 468. The van der Waals surface area contributed by atoms with E-state index >= 15 is 0 Å². The van der Waals surface area contributed by atoms with Crippen molar-refractivity contribution in [2.45, 2.75) is 25.3 Å². The predicted octanol–water partition coefficient (Wildman–Crippen LogP) is 0.938. The molecule has 2 rings (SSSR count). The van der Waals surface area contributed by atoms with Gasteiger partial charge in [-0.05, 0) is 37.5 Å². The summed E-state index contributed by atoms with van der Waals surface area (Å²) in [5.74, 6) is -0.0796. The van der Waals surface area contributed by atoms with E-state index in [1.54, 1.807) is 19.1 Å². The van der Waals surface area contributed by atoms with Crippen LogP contribution in [-0.4, -0.2) is 36.3 Å². The molecular weight excluding hydrogens is 244 g/mol. The van der Waals surface area contributed by atoms with Gasteiger partial charge in [0.1, 0.15) is 5.75 Å². The second-order valence-electron chi connectivity index (χ2n) is 5.05. The molecule has 1 aliphatic rings.